The normalized spacial score (nSPS) is 11.7. The summed E-state index contributed by atoms with van der Waals surface area (Å²) in [6.07, 6.45) is 2.47. The lowest BCUT2D eigenvalue weighted by Gasteiger charge is -2.12. The van der Waals surface area contributed by atoms with Gasteiger partial charge in [-0.3, -0.25) is 4.79 Å². The smallest absolute Gasteiger partial charge is 0.251 e. The largest absolute Gasteiger partial charge is 0.350 e. The van der Waals surface area contributed by atoms with Crippen LogP contribution in [0.25, 0.3) is 11.4 Å². The second-order valence-electron chi connectivity index (χ2n) is 6.26. The second kappa shape index (κ2) is 8.40. The minimum Gasteiger partial charge on any atom is -0.350 e. The Hall–Kier alpha value is -3.28. The molecule has 5 nitrogen and oxygen atoms in total. The summed E-state index contributed by atoms with van der Waals surface area (Å²) >= 11 is 0. The maximum Gasteiger partial charge on any atom is 0.251 e. The molecule has 0 bridgehead atoms. The lowest BCUT2D eigenvalue weighted by molar-refractivity contribution is 0.0939. The molecule has 0 aliphatic carbocycles. The Morgan fingerprint density at radius 1 is 1.15 bits per heavy atom. The van der Waals surface area contributed by atoms with Gasteiger partial charge in [-0.2, -0.15) is 0 Å². The second-order valence-corrected chi connectivity index (χ2v) is 6.26. The lowest BCUT2D eigenvalue weighted by Crippen LogP contribution is -2.31. The van der Waals surface area contributed by atoms with Gasteiger partial charge < -0.3 is 10.6 Å². The number of halogens is 1. The van der Waals surface area contributed by atoms with Gasteiger partial charge in [0.05, 0.1) is 0 Å². The first-order chi connectivity index (χ1) is 13.0. The predicted octanol–water partition coefficient (Wildman–Crippen LogP) is 4.55. The average Bonchev–Trinajstić information content (AvgIpc) is 2.68. The van der Waals surface area contributed by atoms with Crippen LogP contribution >= 0.6 is 0 Å². The highest BCUT2D eigenvalue weighted by molar-refractivity contribution is 5.95. The van der Waals surface area contributed by atoms with Crippen molar-refractivity contribution in [3.05, 3.63) is 72.2 Å². The first-order valence-electron chi connectivity index (χ1n) is 8.82. The van der Waals surface area contributed by atoms with Gasteiger partial charge in [-0.1, -0.05) is 25.1 Å². The van der Waals surface area contributed by atoms with Crippen LogP contribution in [0.15, 0.2) is 60.8 Å². The fourth-order valence-electron chi connectivity index (χ4n) is 2.49. The van der Waals surface area contributed by atoms with Crippen LogP contribution in [0.5, 0.6) is 0 Å². The maximum atomic E-state index is 13.4. The molecule has 1 heterocycles. The van der Waals surface area contributed by atoms with Gasteiger partial charge in [-0.05, 0) is 49.7 Å². The van der Waals surface area contributed by atoms with Crippen molar-refractivity contribution in [3.63, 3.8) is 0 Å². The van der Waals surface area contributed by atoms with Crippen LogP contribution in [0.3, 0.4) is 0 Å². The molecule has 0 radical (unpaired) electrons. The number of hydrogen-bond donors (Lipinski definition) is 2. The fraction of sp³-hybridized carbons (Fsp3) is 0.190. The van der Waals surface area contributed by atoms with Crippen molar-refractivity contribution < 1.29 is 9.18 Å². The predicted molar refractivity (Wildman–Crippen MR) is 104 cm³/mol. The van der Waals surface area contributed by atoms with Crippen molar-refractivity contribution >= 4 is 17.4 Å². The van der Waals surface area contributed by atoms with Crippen molar-refractivity contribution in [2.24, 2.45) is 0 Å². The van der Waals surface area contributed by atoms with E-state index in [1.807, 2.05) is 26.0 Å². The topological polar surface area (TPSA) is 66.9 Å². The molecule has 3 aromatic rings. The van der Waals surface area contributed by atoms with Crippen LogP contribution in [0.1, 0.15) is 30.6 Å². The van der Waals surface area contributed by atoms with E-state index in [2.05, 4.69) is 20.6 Å². The molecule has 2 N–H and O–H groups in total. The summed E-state index contributed by atoms with van der Waals surface area (Å²) in [5.41, 5.74) is 1.90. The number of carbonyl (C=O) groups is 1. The Morgan fingerprint density at radius 3 is 2.74 bits per heavy atom. The molecular formula is C21H21FN4O. The first kappa shape index (κ1) is 18.5. The number of rotatable bonds is 6. The molecule has 0 saturated heterocycles. The van der Waals surface area contributed by atoms with Crippen molar-refractivity contribution in [1.29, 1.82) is 0 Å². The number of nitrogens with zero attached hydrogens (tertiary/aromatic N) is 2. The summed E-state index contributed by atoms with van der Waals surface area (Å²) in [6, 6.07) is 15.2. The van der Waals surface area contributed by atoms with E-state index in [4.69, 9.17) is 0 Å². The van der Waals surface area contributed by atoms with Gasteiger partial charge in [-0.15, -0.1) is 0 Å². The SMILES string of the molecule is CC[C@@H](C)NC(=O)c1cccc(Nc2ccnc(-c3cccc(F)c3)n2)c1. The van der Waals surface area contributed by atoms with Crippen LogP contribution in [0.2, 0.25) is 0 Å². The molecule has 6 heteroatoms. The van der Waals surface area contributed by atoms with Crippen LogP contribution in [0.4, 0.5) is 15.9 Å². The van der Waals surface area contributed by atoms with Gasteiger partial charge in [0, 0.05) is 29.1 Å². The Balaban J connectivity index is 1.79. The Bertz CT molecular complexity index is 945. The van der Waals surface area contributed by atoms with E-state index in [1.54, 1.807) is 36.5 Å². The van der Waals surface area contributed by atoms with Gasteiger partial charge in [0.1, 0.15) is 11.6 Å². The molecule has 1 amide bonds. The van der Waals surface area contributed by atoms with E-state index in [9.17, 15) is 9.18 Å². The monoisotopic (exact) mass is 364 g/mol. The van der Waals surface area contributed by atoms with Gasteiger partial charge in [0.2, 0.25) is 0 Å². The van der Waals surface area contributed by atoms with Crippen molar-refractivity contribution in [1.82, 2.24) is 15.3 Å². The van der Waals surface area contributed by atoms with Gasteiger partial charge in [0.15, 0.2) is 5.82 Å². The summed E-state index contributed by atoms with van der Waals surface area (Å²) < 4.78 is 13.4. The highest BCUT2D eigenvalue weighted by atomic mass is 19.1. The fourth-order valence-corrected chi connectivity index (χ4v) is 2.49. The zero-order valence-electron chi connectivity index (χ0n) is 15.2. The Kier molecular flexibility index (Phi) is 5.76. The standard InChI is InChI=1S/C21H21FN4O/c1-3-14(2)24-21(27)16-7-5-9-18(13-16)25-19-10-11-23-20(26-19)15-6-4-8-17(22)12-15/h4-14H,3H2,1-2H3,(H,24,27)(H,23,25,26)/t14-/m1/s1. The number of nitrogens with one attached hydrogen (secondary N) is 2. The Morgan fingerprint density at radius 2 is 1.96 bits per heavy atom. The number of carbonyl (C=O) groups excluding carboxylic acids is 1. The zero-order valence-corrected chi connectivity index (χ0v) is 15.2. The molecule has 27 heavy (non-hydrogen) atoms. The summed E-state index contributed by atoms with van der Waals surface area (Å²) in [7, 11) is 0. The lowest BCUT2D eigenvalue weighted by atomic mass is 10.1. The summed E-state index contributed by atoms with van der Waals surface area (Å²) in [4.78, 5) is 20.9. The average molecular weight is 364 g/mol. The third-order valence-corrected chi connectivity index (χ3v) is 4.13. The van der Waals surface area contributed by atoms with Crippen molar-refractivity contribution in [2.45, 2.75) is 26.3 Å². The number of anilines is 2. The van der Waals surface area contributed by atoms with E-state index < -0.39 is 0 Å². The number of amides is 1. The van der Waals surface area contributed by atoms with E-state index in [1.165, 1.54) is 12.1 Å². The molecule has 138 valence electrons. The molecule has 3 rings (SSSR count). The van der Waals surface area contributed by atoms with E-state index >= 15 is 0 Å². The minimum atomic E-state index is -0.338. The van der Waals surface area contributed by atoms with E-state index in [0.717, 1.165) is 12.1 Å². The molecular weight excluding hydrogens is 343 g/mol. The number of benzene rings is 2. The molecule has 0 aliphatic rings. The molecule has 0 unspecified atom stereocenters. The van der Waals surface area contributed by atoms with Crippen LogP contribution in [-0.4, -0.2) is 21.9 Å². The number of hydrogen-bond acceptors (Lipinski definition) is 4. The highest BCUT2D eigenvalue weighted by Gasteiger charge is 2.10. The van der Waals surface area contributed by atoms with E-state index in [0.29, 0.717) is 22.8 Å². The Labute approximate surface area is 157 Å². The van der Waals surface area contributed by atoms with Crippen LogP contribution < -0.4 is 10.6 Å². The van der Waals surface area contributed by atoms with Gasteiger partial charge in [0.25, 0.3) is 5.91 Å². The quantitative estimate of drug-likeness (QED) is 0.673. The molecule has 1 aromatic heterocycles. The number of aromatic nitrogens is 2. The molecule has 0 saturated carbocycles. The molecule has 0 aliphatic heterocycles. The third-order valence-electron chi connectivity index (χ3n) is 4.13. The minimum absolute atomic E-state index is 0.115. The van der Waals surface area contributed by atoms with Crippen molar-refractivity contribution in [3.8, 4) is 11.4 Å². The third kappa shape index (κ3) is 4.88. The molecule has 1 atom stereocenters. The van der Waals surface area contributed by atoms with Gasteiger partial charge in [-0.25, -0.2) is 14.4 Å². The summed E-state index contributed by atoms with van der Waals surface area (Å²) in [6.45, 7) is 3.99. The summed E-state index contributed by atoms with van der Waals surface area (Å²) in [5.74, 6) is 0.527. The van der Waals surface area contributed by atoms with Crippen LogP contribution in [-0.2, 0) is 0 Å². The van der Waals surface area contributed by atoms with Crippen LogP contribution in [0, 0.1) is 5.82 Å². The van der Waals surface area contributed by atoms with Gasteiger partial charge >= 0.3 is 0 Å². The maximum absolute atomic E-state index is 13.4. The van der Waals surface area contributed by atoms with Crippen molar-refractivity contribution in [2.75, 3.05) is 5.32 Å². The molecule has 0 spiro atoms. The summed E-state index contributed by atoms with van der Waals surface area (Å²) in [5, 5.41) is 6.11. The zero-order chi connectivity index (χ0) is 19.2. The first-order valence-corrected chi connectivity index (χ1v) is 8.82. The highest BCUT2D eigenvalue weighted by Crippen LogP contribution is 2.20. The molecule has 2 aromatic carbocycles. The van der Waals surface area contributed by atoms with E-state index in [-0.39, 0.29) is 17.8 Å². The molecule has 0 fully saturated rings.